The van der Waals surface area contributed by atoms with E-state index in [9.17, 15) is 0 Å². The monoisotopic (exact) mass is 356 g/mol. The molecule has 0 amide bonds. The first-order valence-corrected chi connectivity index (χ1v) is 9.12. The summed E-state index contributed by atoms with van der Waals surface area (Å²) in [6, 6.07) is 9.12. The first-order valence-electron chi connectivity index (χ1n) is 7.39. The number of rotatable bonds is 5. The van der Waals surface area contributed by atoms with E-state index in [1.165, 1.54) is 31.6 Å². The van der Waals surface area contributed by atoms with Gasteiger partial charge < -0.3 is 10.2 Å². The van der Waals surface area contributed by atoms with Crippen LogP contribution in [0.1, 0.15) is 31.9 Å². The van der Waals surface area contributed by atoms with Crippen molar-refractivity contribution >= 4 is 27.7 Å². The molecule has 1 aromatic carbocycles. The van der Waals surface area contributed by atoms with Crippen molar-refractivity contribution in [2.45, 2.75) is 36.8 Å². The van der Waals surface area contributed by atoms with E-state index >= 15 is 0 Å². The van der Waals surface area contributed by atoms with Gasteiger partial charge in [0.2, 0.25) is 0 Å². The van der Waals surface area contributed by atoms with Crippen LogP contribution in [0.5, 0.6) is 0 Å². The Hall–Kier alpha value is -0.0300. The Labute approximate surface area is 135 Å². The number of benzene rings is 1. The fourth-order valence-electron chi connectivity index (χ4n) is 2.95. The van der Waals surface area contributed by atoms with Crippen LogP contribution in [-0.2, 0) is 0 Å². The molecule has 1 fully saturated rings. The van der Waals surface area contributed by atoms with Crippen molar-refractivity contribution in [1.29, 1.82) is 0 Å². The molecule has 0 aliphatic carbocycles. The molecule has 3 atom stereocenters. The average molecular weight is 357 g/mol. The zero-order chi connectivity index (χ0) is 14.5. The molecule has 112 valence electrons. The van der Waals surface area contributed by atoms with E-state index in [-0.39, 0.29) is 0 Å². The highest BCUT2D eigenvalue weighted by Gasteiger charge is 2.22. The SMILES string of the molecule is CNC(CCN1CC(C)SC(C)C1)c1ccc(Br)cc1. The van der Waals surface area contributed by atoms with Gasteiger partial charge in [0.15, 0.2) is 0 Å². The summed E-state index contributed by atoms with van der Waals surface area (Å²) < 4.78 is 1.15. The fourth-order valence-corrected chi connectivity index (χ4v) is 4.60. The third kappa shape index (κ3) is 4.76. The molecular formula is C16H25BrN2S. The van der Waals surface area contributed by atoms with Crippen molar-refractivity contribution in [3.63, 3.8) is 0 Å². The molecule has 2 rings (SSSR count). The molecule has 1 saturated heterocycles. The van der Waals surface area contributed by atoms with Crippen LogP contribution in [0.3, 0.4) is 0 Å². The molecule has 0 aromatic heterocycles. The normalized spacial score (nSPS) is 25.6. The molecule has 1 aromatic rings. The highest BCUT2D eigenvalue weighted by molar-refractivity contribution is 9.10. The first-order chi connectivity index (χ1) is 9.58. The summed E-state index contributed by atoms with van der Waals surface area (Å²) in [5.74, 6) is 0. The number of halogens is 1. The van der Waals surface area contributed by atoms with Gasteiger partial charge in [-0.1, -0.05) is 41.9 Å². The molecule has 2 nitrogen and oxygen atoms in total. The van der Waals surface area contributed by atoms with Gasteiger partial charge in [0.25, 0.3) is 0 Å². The fraction of sp³-hybridized carbons (Fsp3) is 0.625. The lowest BCUT2D eigenvalue weighted by Gasteiger charge is -2.35. The maximum Gasteiger partial charge on any atom is 0.0329 e. The summed E-state index contributed by atoms with van der Waals surface area (Å²) >= 11 is 5.62. The van der Waals surface area contributed by atoms with Gasteiger partial charge in [-0.05, 0) is 31.2 Å². The predicted octanol–water partition coefficient (Wildman–Crippen LogP) is 3.93. The number of hydrogen-bond acceptors (Lipinski definition) is 3. The van der Waals surface area contributed by atoms with E-state index in [0.717, 1.165) is 15.0 Å². The summed E-state index contributed by atoms with van der Waals surface area (Å²) in [5, 5.41) is 4.98. The van der Waals surface area contributed by atoms with Gasteiger partial charge in [0.05, 0.1) is 0 Å². The van der Waals surface area contributed by atoms with E-state index in [2.05, 4.69) is 83.1 Å². The van der Waals surface area contributed by atoms with Gasteiger partial charge in [0.1, 0.15) is 0 Å². The van der Waals surface area contributed by atoms with Gasteiger partial charge in [-0.3, -0.25) is 0 Å². The second-order valence-electron chi connectivity index (χ2n) is 5.70. The summed E-state index contributed by atoms with van der Waals surface area (Å²) in [4.78, 5) is 2.62. The molecule has 0 radical (unpaired) electrons. The minimum absolute atomic E-state index is 0.447. The van der Waals surface area contributed by atoms with E-state index < -0.39 is 0 Å². The van der Waals surface area contributed by atoms with Gasteiger partial charge in [-0.25, -0.2) is 0 Å². The standard InChI is InChI=1S/C16H25BrN2S/c1-12-10-19(11-13(2)20-12)9-8-16(18-3)14-4-6-15(17)7-5-14/h4-7,12-13,16,18H,8-11H2,1-3H3. The Balaban J connectivity index is 1.89. The minimum atomic E-state index is 0.447. The van der Waals surface area contributed by atoms with E-state index in [4.69, 9.17) is 0 Å². The predicted molar refractivity (Wildman–Crippen MR) is 93.5 cm³/mol. The van der Waals surface area contributed by atoms with Gasteiger partial charge in [0, 0.05) is 40.6 Å². The van der Waals surface area contributed by atoms with Crippen molar-refractivity contribution in [3.05, 3.63) is 34.3 Å². The van der Waals surface area contributed by atoms with Crippen LogP contribution >= 0.6 is 27.7 Å². The Morgan fingerprint density at radius 1 is 1.25 bits per heavy atom. The lowest BCUT2D eigenvalue weighted by molar-refractivity contribution is 0.256. The second-order valence-corrected chi connectivity index (χ2v) is 8.50. The van der Waals surface area contributed by atoms with Crippen molar-refractivity contribution in [2.24, 2.45) is 0 Å². The zero-order valence-corrected chi connectivity index (χ0v) is 15.0. The summed E-state index contributed by atoms with van der Waals surface area (Å²) in [7, 11) is 2.06. The molecule has 0 saturated carbocycles. The topological polar surface area (TPSA) is 15.3 Å². The van der Waals surface area contributed by atoms with Crippen LogP contribution in [0.15, 0.2) is 28.7 Å². The maximum absolute atomic E-state index is 3.50. The molecule has 4 heteroatoms. The molecule has 3 unspecified atom stereocenters. The van der Waals surface area contributed by atoms with E-state index in [1.807, 2.05) is 0 Å². The summed E-state index contributed by atoms with van der Waals surface area (Å²) in [5.41, 5.74) is 1.38. The Bertz CT molecular complexity index is 399. The van der Waals surface area contributed by atoms with Crippen LogP contribution in [0.4, 0.5) is 0 Å². The molecule has 0 bridgehead atoms. The lowest BCUT2D eigenvalue weighted by Crippen LogP contribution is -2.41. The molecule has 0 spiro atoms. The second kappa shape index (κ2) is 7.83. The molecule has 1 aliphatic rings. The molecule has 1 aliphatic heterocycles. The van der Waals surface area contributed by atoms with Crippen molar-refractivity contribution in [3.8, 4) is 0 Å². The molecule has 20 heavy (non-hydrogen) atoms. The van der Waals surface area contributed by atoms with E-state index in [0.29, 0.717) is 6.04 Å². The van der Waals surface area contributed by atoms with Crippen molar-refractivity contribution in [2.75, 3.05) is 26.7 Å². The van der Waals surface area contributed by atoms with Crippen LogP contribution in [0.25, 0.3) is 0 Å². The highest BCUT2D eigenvalue weighted by Crippen LogP contribution is 2.26. The van der Waals surface area contributed by atoms with Gasteiger partial charge in [-0.15, -0.1) is 0 Å². The molecular weight excluding hydrogens is 332 g/mol. The lowest BCUT2D eigenvalue weighted by atomic mass is 10.0. The number of nitrogens with zero attached hydrogens (tertiary/aromatic N) is 1. The smallest absolute Gasteiger partial charge is 0.0329 e. The van der Waals surface area contributed by atoms with Crippen molar-refractivity contribution in [1.82, 2.24) is 10.2 Å². The third-order valence-electron chi connectivity index (χ3n) is 3.85. The Kier molecular flexibility index (Phi) is 6.40. The van der Waals surface area contributed by atoms with Gasteiger partial charge >= 0.3 is 0 Å². The van der Waals surface area contributed by atoms with Crippen LogP contribution in [0.2, 0.25) is 0 Å². The van der Waals surface area contributed by atoms with Gasteiger partial charge in [-0.2, -0.15) is 11.8 Å². The number of hydrogen-bond donors (Lipinski definition) is 1. The first kappa shape index (κ1) is 16.3. The zero-order valence-electron chi connectivity index (χ0n) is 12.6. The highest BCUT2D eigenvalue weighted by atomic mass is 79.9. The summed E-state index contributed by atoms with van der Waals surface area (Å²) in [6.07, 6.45) is 1.17. The van der Waals surface area contributed by atoms with Crippen LogP contribution in [0, 0.1) is 0 Å². The largest absolute Gasteiger partial charge is 0.313 e. The number of thioether (sulfide) groups is 1. The number of nitrogens with one attached hydrogen (secondary N) is 1. The Morgan fingerprint density at radius 2 is 1.85 bits per heavy atom. The summed E-state index contributed by atoms with van der Waals surface area (Å²) in [6.45, 7) is 8.32. The third-order valence-corrected chi connectivity index (χ3v) is 5.61. The quantitative estimate of drug-likeness (QED) is 0.860. The maximum atomic E-state index is 3.50. The van der Waals surface area contributed by atoms with Crippen molar-refractivity contribution < 1.29 is 0 Å². The molecule has 1 heterocycles. The van der Waals surface area contributed by atoms with Crippen LogP contribution < -0.4 is 5.32 Å². The van der Waals surface area contributed by atoms with Crippen LogP contribution in [-0.4, -0.2) is 42.1 Å². The Morgan fingerprint density at radius 3 is 2.40 bits per heavy atom. The average Bonchev–Trinajstić information content (AvgIpc) is 2.40. The minimum Gasteiger partial charge on any atom is -0.313 e. The molecule has 1 N–H and O–H groups in total. The van der Waals surface area contributed by atoms with E-state index in [1.54, 1.807) is 0 Å².